The lowest BCUT2D eigenvalue weighted by molar-refractivity contribution is -0.385. The van der Waals surface area contributed by atoms with Gasteiger partial charge in [0.25, 0.3) is 23.2 Å². The zero-order valence-corrected chi connectivity index (χ0v) is 21.2. The summed E-state index contributed by atoms with van der Waals surface area (Å²) in [7, 11) is 0. The lowest BCUT2D eigenvalue weighted by atomic mass is 10.2. The molecule has 0 unspecified atom stereocenters. The first-order valence-corrected chi connectivity index (χ1v) is 12.0. The molecule has 0 spiro atoms. The zero-order valence-electron chi connectivity index (χ0n) is 21.2. The van der Waals surface area contributed by atoms with E-state index in [9.17, 15) is 29.8 Å². The van der Waals surface area contributed by atoms with E-state index in [1.807, 2.05) is 0 Å². The first-order chi connectivity index (χ1) is 19.7. The molecule has 4 rings (SSSR count). The van der Waals surface area contributed by atoms with Gasteiger partial charge in [-0.15, -0.1) is 0 Å². The molecule has 13 nitrogen and oxygen atoms in total. The van der Waals surface area contributed by atoms with Gasteiger partial charge in [0.2, 0.25) is 0 Å². The Bertz CT molecular complexity index is 1410. The molecule has 0 heterocycles. The summed E-state index contributed by atoms with van der Waals surface area (Å²) in [4.78, 5) is 44.7. The van der Waals surface area contributed by atoms with Gasteiger partial charge in [0.15, 0.2) is 13.2 Å². The van der Waals surface area contributed by atoms with Crippen LogP contribution in [0.5, 0.6) is 23.0 Å². The van der Waals surface area contributed by atoms with Crippen LogP contribution in [-0.2, 0) is 9.59 Å². The highest BCUT2D eigenvalue weighted by Crippen LogP contribution is 2.25. The maximum atomic E-state index is 12.2. The molecule has 4 aromatic carbocycles. The van der Waals surface area contributed by atoms with Crippen molar-refractivity contribution in [3.63, 3.8) is 0 Å². The van der Waals surface area contributed by atoms with Crippen LogP contribution >= 0.6 is 0 Å². The van der Waals surface area contributed by atoms with Crippen molar-refractivity contribution < 1.29 is 33.6 Å². The maximum Gasteiger partial charge on any atom is 0.269 e. The van der Waals surface area contributed by atoms with Gasteiger partial charge in [-0.25, -0.2) is 0 Å². The Hall–Kier alpha value is -5.98. The molecule has 0 aliphatic heterocycles. The normalized spacial score (nSPS) is 10.2. The molecule has 4 aromatic rings. The second-order valence-corrected chi connectivity index (χ2v) is 8.33. The minimum absolute atomic E-state index is 0.0734. The number of rotatable bonds is 12. The van der Waals surface area contributed by atoms with Crippen LogP contribution in [0.3, 0.4) is 0 Å². The van der Waals surface area contributed by atoms with E-state index in [0.717, 1.165) is 0 Å². The summed E-state index contributed by atoms with van der Waals surface area (Å²) in [5, 5.41) is 26.8. The number of nitro groups is 2. The van der Waals surface area contributed by atoms with Gasteiger partial charge in [0, 0.05) is 35.6 Å². The highest BCUT2D eigenvalue weighted by atomic mass is 16.6. The smallest absolute Gasteiger partial charge is 0.269 e. The summed E-state index contributed by atoms with van der Waals surface area (Å²) in [5.41, 5.74) is 0.888. The fourth-order valence-electron chi connectivity index (χ4n) is 3.37. The number of carbonyl (C=O) groups is 2. The average molecular weight is 559 g/mol. The molecule has 13 heteroatoms. The van der Waals surface area contributed by atoms with Gasteiger partial charge in [-0.1, -0.05) is 0 Å². The zero-order chi connectivity index (χ0) is 29.2. The van der Waals surface area contributed by atoms with Gasteiger partial charge >= 0.3 is 0 Å². The van der Waals surface area contributed by atoms with Crippen molar-refractivity contribution in [3.05, 3.63) is 117 Å². The minimum atomic E-state index is -0.523. The summed E-state index contributed by atoms with van der Waals surface area (Å²) in [5.74, 6) is 0.865. The summed E-state index contributed by atoms with van der Waals surface area (Å²) in [6.07, 6.45) is 0. The van der Waals surface area contributed by atoms with Crippen LogP contribution in [0.1, 0.15) is 0 Å². The van der Waals surface area contributed by atoms with Crippen LogP contribution in [-0.4, -0.2) is 34.9 Å². The van der Waals surface area contributed by atoms with Crippen LogP contribution in [0.25, 0.3) is 0 Å². The number of nitrogens with one attached hydrogen (secondary N) is 2. The molecule has 0 aromatic heterocycles. The Morgan fingerprint density at radius 2 is 0.854 bits per heavy atom. The molecule has 41 heavy (non-hydrogen) atoms. The molecule has 2 amide bonds. The second kappa shape index (κ2) is 13.2. The number of hydrogen-bond donors (Lipinski definition) is 2. The molecule has 2 N–H and O–H groups in total. The van der Waals surface area contributed by atoms with Crippen LogP contribution in [0.4, 0.5) is 22.7 Å². The number of hydrogen-bond acceptors (Lipinski definition) is 9. The largest absolute Gasteiger partial charge is 0.484 e. The van der Waals surface area contributed by atoms with Crippen molar-refractivity contribution in [1.82, 2.24) is 0 Å². The number of non-ortho nitro benzene ring substituents is 2. The first kappa shape index (κ1) is 28.0. The van der Waals surface area contributed by atoms with Crippen LogP contribution in [0.15, 0.2) is 97.1 Å². The number of nitrogens with zero attached hydrogens (tertiary/aromatic N) is 2. The summed E-state index contributed by atoms with van der Waals surface area (Å²) < 4.78 is 16.5. The van der Waals surface area contributed by atoms with E-state index < -0.39 is 21.7 Å². The van der Waals surface area contributed by atoms with E-state index in [1.165, 1.54) is 48.5 Å². The Morgan fingerprint density at radius 3 is 1.17 bits per heavy atom. The van der Waals surface area contributed by atoms with E-state index in [-0.39, 0.29) is 24.6 Å². The number of anilines is 2. The number of amides is 2. The SMILES string of the molecule is O=C(COc1ccc([N+](=O)[O-])cc1)Nc1ccc(Oc2ccc(NC(=O)COc3ccc([N+](=O)[O-])cc3)cc2)cc1. The first-order valence-electron chi connectivity index (χ1n) is 12.0. The van der Waals surface area contributed by atoms with Gasteiger partial charge in [-0.3, -0.25) is 29.8 Å². The maximum absolute atomic E-state index is 12.2. The van der Waals surface area contributed by atoms with Gasteiger partial charge in [-0.2, -0.15) is 0 Å². The monoisotopic (exact) mass is 558 g/mol. The third-order valence-corrected chi connectivity index (χ3v) is 5.35. The van der Waals surface area contributed by atoms with Crippen molar-refractivity contribution in [2.45, 2.75) is 0 Å². The van der Waals surface area contributed by atoms with Gasteiger partial charge in [0.05, 0.1) is 9.85 Å². The number of carbonyl (C=O) groups excluding carboxylic acids is 2. The molecular weight excluding hydrogens is 536 g/mol. The van der Waals surface area contributed by atoms with E-state index in [2.05, 4.69) is 10.6 Å². The van der Waals surface area contributed by atoms with Gasteiger partial charge < -0.3 is 24.8 Å². The van der Waals surface area contributed by atoms with E-state index in [1.54, 1.807) is 48.5 Å². The number of nitro benzene ring substituents is 2. The predicted molar refractivity (Wildman–Crippen MR) is 147 cm³/mol. The lowest BCUT2D eigenvalue weighted by Gasteiger charge is -2.10. The second-order valence-electron chi connectivity index (χ2n) is 8.33. The van der Waals surface area contributed by atoms with Gasteiger partial charge in [0.1, 0.15) is 23.0 Å². The molecule has 208 valence electrons. The standard InChI is InChI=1S/C28H22N4O9/c33-27(17-39-23-13-5-21(6-14-23)31(35)36)29-19-1-9-25(10-2-19)41-26-11-3-20(4-12-26)30-28(34)18-40-24-15-7-22(8-16-24)32(37)38/h1-16H,17-18H2,(H,29,33)(H,30,34). The minimum Gasteiger partial charge on any atom is -0.484 e. The Labute approximate surface area is 232 Å². The van der Waals surface area contributed by atoms with Crippen molar-refractivity contribution >= 4 is 34.6 Å². The molecule has 0 bridgehead atoms. The molecule has 0 saturated heterocycles. The summed E-state index contributed by atoms with van der Waals surface area (Å²) >= 11 is 0. The Balaban J connectivity index is 1.20. The highest BCUT2D eigenvalue weighted by molar-refractivity contribution is 5.92. The van der Waals surface area contributed by atoms with Gasteiger partial charge in [-0.05, 0) is 72.8 Å². The molecule has 0 fully saturated rings. The lowest BCUT2D eigenvalue weighted by Crippen LogP contribution is -2.20. The van der Waals surface area contributed by atoms with Crippen molar-refractivity contribution in [3.8, 4) is 23.0 Å². The molecular formula is C28H22N4O9. The third kappa shape index (κ3) is 8.51. The van der Waals surface area contributed by atoms with Crippen molar-refractivity contribution in [2.75, 3.05) is 23.8 Å². The molecule has 0 atom stereocenters. The van der Waals surface area contributed by atoms with Crippen LogP contribution in [0, 0.1) is 20.2 Å². The molecule has 0 aliphatic carbocycles. The third-order valence-electron chi connectivity index (χ3n) is 5.35. The average Bonchev–Trinajstić information content (AvgIpc) is 2.97. The molecule has 0 saturated carbocycles. The summed E-state index contributed by atoms with van der Waals surface area (Å²) in [6.45, 7) is -0.551. The highest BCUT2D eigenvalue weighted by Gasteiger charge is 2.09. The summed E-state index contributed by atoms with van der Waals surface area (Å²) in [6, 6.07) is 24.1. The van der Waals surface area contributed by atoms with E-state index in [4.69, 9.17) is 14.2 Å². The van der Waals surface area contributed by atoms with E-state index >= 15 is 0 Å². The quantitative estimate of drug-likeness (QED) is 0.172. The number of benzene rings is 4. The molecule has 0 radical (unpaired) electrons. The topological polar surface area (TPSA) is 172 Å². The fraction of sp³-hybridized carbons (Fsp3) is 0.0714. The predicted octanol–water partition coefficient (Wildman–Crippen LogP) is 5.33. The van der Waals surface area contributed by atoms with Crippen LogP contribution < -0.4 is 24.8 Å². The number of ether oxygens (including phenoxy) is 3. The van der Waals surface area contributed by atoms with E-state index in [0.29, 0.717) is 34.4 Å². The molecule has 0 aliphatic rings. The van der Waals surface area contributed by atoms with Crippen molar-refractivity contribution in [2.24, 2.45) is 0 Å². The Kier molecular flexibility index (Phi) is 9.02. The van der Waals surface area contributed by atoms with Crippen LogP contribution in [0.2, 0.25) is 0 Å². The van der Waals surface area contributed by atoms with Crippen molar-refractivity contribution in [1.29, 1.82) is 0 Å². The fourth-order valence-corrected chi connectivity index (χ4v) is 3.37. The Morgan fingerprint density at radius 1 is 0.537 bits per heavy atom.